The Morgan fingerprint density at radius 1 is 1.54 bits per heavy atom. The maximum absolute atomic E-state index is 4.33. The van der Waals surface area contributed by atoms with Crippen LogP contribution in [0.25, 0.3) is 0 Å². The molecule has 74 valence electrons. The Balaban J connectivity index is 2.64. The van der Waals surface area contributed by atoms with Crippen LogP contribution in [0.15, 0.2) is 4.47 Å². The van der Waals surface area contributed by atoms with Crippen molar-refractivity contribution < 1.29 is 0 Å². The molecule has 0 aliphatic heterocycles. The monoisotopic (exact) mass is 245 g/mol. The van der Waals surface area contributed by atoms with Gasteiger partial charge in [0.1, 0.15) is 0 Å². The minimum absolute atomic E-state index is 1.01. The molecule has 0 aliphatic rings. The van der Waals surface area contributed by atoms with Crippen LogP contribution in [-0.4, -0.2) is 22.9 Å². The van der Waals surface area contributed by atoms with Gasteiger partial charge < -0.3 is 5.32 Å². The van der Waals surface area contributed by atoms with E-state index in [4.69, 9.17) is 0 Å². The van der Waals surface area contributed by atoms with Crippen molar-refractivity contribution in [3.05, 3.63) is 15.9 Å². The number of halogens is 1. The third-order valence-corrected chi connectivity index (χ3v) is 3.08. The average Bonchev–Trinajstić information content (AvgIpc) is 2.32. The average molecular weight is 246 g/mol. The van der Waals surface area contributed by atoms with Gasteiger partial charge in [-0.1, -0.05) is 6.92 Å². The van der Waals surface area contributed by atoms with Gasteiger partial charge in [0, 0.05) is 20.0 Å². The minimum Gasteiger partial charge on any atom is -0.317 e. The van der Waals surface area contributed by atoms with E-state index in [1.165, 1.54) is 5.69 Å². The normalized spacial score (nSPS) is 10.8. The smallest absolute Gasteiger partial charge is 0.0738 e. The van der Waals surface area contributed by atoms with Crippen LogP contribution in [0.3, 0.4) is 0 Å². The van der Waals surface area contributed by atoms with Crippen LogP contribution >= 0.6 is 15.9 Å². The van der Waals surface area contributed by atoms with E-state index in [2.05, 4.69) is 33.3 Å². The van der Waals surface area contributed by atoms with Crippen molar-refractivity contribution in [1.29, 1.82) is 0 Å². The van der Waals surface area contributed by atoms with Gasteiger partial charge in [0.25, 0.3) is 0 Å². The van der Waals surface area contributed by atoms with E-state index in [-0.39, 0.29) is 0 Å². The van der Waals surface area contributed by atoms with Crippen LogP contribution < -0.4 is 5.32 Å². The lowest BCUT2D eigenvalue weighted by molar-refractivity contribution is 0.654. The van der Waals surface area contributed by atoms with E-state index in [1.807, 2.05) is 18.7 Å². The van der Waals surface area contributed by atoms with Crippen LogP contribution in [0.5, 0.6) is 0 Å². The predicted molar refractivity (Wildman–Crippen MR) is 57.9 cm³/mol. The third-order valence-electron chi connectivity index (χ3n) is 2.05. The molecule has 3 nitrogen and oxygen atoms in total. The summed E-state index contributed by atoms with van der Waals surface area (Å²) in [5, 5.41) is 7.63. The number of aromatic nitrogens is 2. The molecule has 0 radical (unpaired) electrons. The van der Waals surface area contributed by atoms with Crippen molar-refractivity contribution in [2.24, 2.45) is 7.05 Å². The SMILES string of the molecule is CCNCCc1c(Br)c(C)nn1C. The van der Waals surface area contributed by atoms with E-state index in [9.17, 15) is 0 Å². The summed E-state index contributed by atoms with van der Waals surface area (Å²) in [6.45, 7) is 6.16. The van der Waals surface area contributed by atoms with E-state index in [0.29, 0.717) is 0 Å². The number of nitrogens with one attached hydrogen (secondary N) is 1. The Morgan fingerprint density at radius 3 is 2.69 bits per heavy atom. The molecule has 0 aromatic carbocycles. The highest BCUT2D eigenvalue weighted by Crippen LogP contribution is 2.20. The molecule has 1 N–H and O–H groups in total. The Hall–Kier alpha value is -0.350. The van der Waals surface area contributed by atoms with Crippen LogP contribution in [0, 0.1) is 6.92 Å². The summed E-state index contributed by atoms with van der Waals surface area (Å²) in [6, 6.07) is 0. The molecule has 0 unspecified atom stereocenters. The molecule has 1 aromatic heterocycles. The van der Waals surface area contributed by atoms with Gasteiger partial charge in [-0.2, -0.15) is 5.10 Å². The number of nitrogens with zero attached hydrogens (tertiary/aromatic N) is 2. The van der Waals surface area contributed by atoms with Gasteiger partial charge in [-0.3, -0.25) is 4.68 Å². The molecule has 1 rings (SSSR count). The maximum Gasteiger partial charge on any atom is 0.0738 e. The Bertz CT molecular complexity index is 281. The zero-order valence-electron chi connectivity index (χ0n) is 8.39. The van der Waals surface area contributed by atoms with Crippen molar-refractivity contribution in [3.63, 3.8) is 0 Å². The minimum atomic E-state index is 1.01. The van der Waals surface area contributed by atoms with Crippen LogP contribution in [0.1, 0.15) is 18.3 Å². The van der Waals surface area contributed by atoms with Crippen molar-refractivity contribution in [2.45, 2.75) is 20.3 Å². The molecule has 0 amide bonds. The summed E-state index contributed by atoms with van der Waals surface area (Å²) >= 11 is 3.54. The van der Waals surface area contributed by atoms with E-state index >= 15 is 0 Å². The molecule has 0 saturated carbocycles. The van der Waals surface area contributed by atoms with Gasteiger partial charge in [0.15, 0.2) is 0 Å². The van der Waals surface area contributed by atoms with Crippen molar-refractivity contribution >= 4 is 15.9 Å². The molecule has 0 saturated heterocycles. The zero-order chi connectivity index (χ0) is 9.84. The lowest BCUT2D eigenvalue weighted by Crippen LogP contribution is -2.17. The van der Waals surface area contributed by atoms with Gasteiger partial charge in [-0.25, -0.2) is 0 Å². The first-order chi connectivity index (χ1) is 6.16. The Labute approximate surface area is 87.6 Å². The van der Waals surface area contributed by atoms with Gasteiger partial charge in [-0.05, 0) is 29.4 Å². The van der Waals surface area contributed by atoms with Gasteiger partial charge in [0.05, 0.1) is 15.9 Å². The van der Waals surface area contributed by atoms with Crippen LogP contribution in [0.2, 0.25) is 0 Å². The lowest BCUT2D eigenvalue weighted by atomic mass is 10.3. The summed E-state index contributed by atoms with van der Waals surface area (Å²) in [4.78, 5) is 0. The largest absolute Gasteiger partial charge is 0.317 e. The molecule has 0 bridgehead atoms. The number of aryl methyl sites for hydroxylation is 2. The third kappa shape index (κ3) is 2.54. The summed E-state index contributed by atoms with van der Waals surface area (Å²) < 4.78 is 3.09. The second-order valence-electron chi connectivity index (χ2n) is 3.07. The molecule has 0 spiro atoms. The highest BCUT2D eigenvalue weighted by Gasteiger charge is 2.08. The first kappa shape index (κ1) is 10.7. The fourth-order valence-electron chi connectivity index (χ4n) is 1.34. The molecule has 4 heteroatoms. The van der Waals surface area contributed by atoms with Crippen molar-refractivity contribution in [1.82, 2.24) is 15.1 Å². The first-order valence-electron chi connectivity index (χ1n) is 4.55. The number of rotatable bonds is 4. The second-order valence-corrected chi connectivity index (χ2v) is 3.87. The van der Waals surface area contributed by atoms with Gasteiger partial charge in [-0.15, -0.1) is 0 Å². The second kappa shape index (κ2) is 4.77. The molecule has 0 atom stereocenters. The summed E-state index contributed by atoms with van der Waals surface area (Å²) in [7, 11) is 1.99. The molecule has 1 heterocycles. The van der Waals surface area contributed by atoms with E-state index in [0.717, 1.165) is 29.7 Å². The lowest BCUT2D eigenvalue weighted by Gasteiger charge is -2.03. The van der Waals surface area contributed by atoms with Crippen LogP contribution in [-0.2, 0) is 13.5 Å². The van der Waals surface area contributed by atoms with Gasteiger partial charge >= 0.3 is 0 Å². The highest BCUT2D eigenvalue weighted by atomic mass is 79.9. The topological polar surface area (TPSA) is 29.9 Å². The predicted octanol–water partition coefficient (Wildman–Crippen LogP) is 1.64. The number of hydrogen-bond donors (Lipinski definition) is 1. The molecular formula is C9H16BrN3. The van der Waals surface area contributed by atoms with Crippen molar-refractivity contribution in [3.8, 4) is 0 Å². The molecular weight excluding hydrogens is 230 g/mol. The van der Waals surface area contributed by atoms with Gasteiger partial charge in [0.2, 0.25) is 0 Å². The summed E-state index contributed by atoms with van der Waals surface area (Å²) in [5.74, 6) is 0. The fourth-order valence-corrected chi connectivity index (χ4v) is 1.87. The van der Waals surface area contributed by atoms with E-state index < -0.39 is 0 Å². The highest BCUT2D eigenvalue weighted by molar-refractivity contribution is 9.10. The quantitative estimate of drug-likeness (QED) is 0.818. The summed E-state index contributed by atoms with van der Waals surface area (Å²) in [6.07, 6.45) is 1.02. The molecule has 0 aliphatic carbocycles. The summed E-state index contributed by atoms with van der Waals surface area (Å²) in [5.41, 5.74) is 2.33. The number of likely N-dealkylation sites (N-methyl/N-ethyl adjacent to an activating group) is 1. The van der Waals surface area contributed by atoms with E-state index in [1.54, 1.807) is 0 Å². The fraction of sp³-hybridized carbons (Fsp3) is 0.667. The first-order valence-corrected chi connectivity index (χ1v) is 5.34. The Morgan fingerprint density at radius 2 is 2.23 bits per heavy atom. The number of hydrogen-bond acceptors (Lipinski definition) is 2. The molecule has 0 fully saturated rings. The standard InChI is InChI=1S/C9H16BrN3/c1-4-11-6-5-8-9(10)7(2)12-13(8)3/h11H,4-6H2,1-3H3. The zero-order valence-corrected chi connectivity index (χ0v) is 9.98. The maximum atomic E-state index is 4.33. The molecule has 1 aromatic rings. The van der Waals surface area contributed by atoms with Crippen LogP contribution in [0.4, 0.5) is 0 Å². The molecule has 13 heavy (non-hydrogen) atoms. The Kier molecular flexibility index (Phi) is 3.93. The van der Waals surface area contributed by atoms with Crippen molar-refractivity contribution in [2.75, 3.05) is 13.1 Å².